The molecule has 1 saturated carbocycles. The molecule has 3 heterocycles. The highest BCUT2D eigenvalue weighted by atomic mass is 35.5. The summed E-state index contributed by atoms with van der Waals surface area (Å²) in [4.78, 5) is 42.0. The molecule has 3 aromatic rings. The minimum Gasteiger partial charge on any atom is -0.496 e. The quantitative estimate of drug-likeness (QED) is 0.581. The zero-order valence-electron chi connectivity index (χ0n) is 19.5. The Morgan fingerprint density at radius 3 is 2.71 bits per heavy atom. The summed E-state index contributed by atoms with van der Waals surface area (Å²) < 4.78 is 7.06. The van der Waals surface area contributed by atoms with Crippen LogP contribution in [0.3, 0.4) is 0 Å². The Kier molecular flexibility index (Phi) is 6.79. The van der Waals surface area contributed by atoms with E-state index in [1.807, 2.05) is 0 Å². The van der Waals surface area contributed by atoms with Crippen LogP contribution in [0.4, 0.5) is 0 Å². The lowest BCUT2D eigenvalue weighted by Gasteiger charge is -2.29. The number of amides is 1. The number of hydrogen-bond acceptors (Lipinski definition) is 7. The van der Waals surface area contributed by atoms with Crippen LogP contribution in [0.1, 0.15) is 47.9 Å². The zero-order chi connectivity index (χ0) is 24.4. The predicted octanol–water partition coefficient (Wildman–Crippen LogP) is 3.09. The van der Waals surface area contributed by atoms with Gasteiger partial charge in [-0.2, -0.15) is 0 Å². The number of carbonyl (C=O) groups is 1. The van der Waals surface area contributed by atoms with Crippen LogP contribution in [0.15, 0.2) is 47.7 Å². The third-order valence-corrected chi connectivity index (χ3v) is 7.01. The predicted molar refractivity (Wildman–Crippen MR) is 132 cm³/mol. The summed E-state index contributed by atoms with van der Waals surface area (Å²) in [5, 5.41) is 3.61. The summed E-state index contributed by atoms with van der Waals surface area (Å²) in [5.41, 5.74) is 1.22. The van der Waals surface area contributed by atoms with Crippen molar-refractivity contribution in [1.82, 2.24) is 29.7 Å². The minimum absolute atomic E-state index is 0.166. The highest BCUT2D eigenvalue weighted by molar-refractivity contribution is 6.30. The molecule has 1 unspecified atom stereocenters. The maximum atomic E-state index is 13.4. The van der Waals surface area contributed by atoms with Crippen molar-refractivity contribution in [2.45, 2.75) is 44.3 Å². The maximum Gasteiger partial charge on any atom is 0.255 e. The van der Waals surface area contributed by atoms with Crippen molar-refractivity contribution in [3.63, 3.8) is 0 Å². The number of rotatable bonds is 5. The first-order valence-electron chi connectivity index (χ1n) is 11.8. The molecule has 35 heavy (non-hydrogen) atoms. The Hall–Kier alpha value is -3.30. The number of nitrogens with zero attached hydrogens (tertiary/aromatic N) is 5. The average Bonchev–Trinajstić information content (AvgIpc) is 3.35. The third kappa shape index (κ3) is 4.92. The van der Waals surface area contributed by atoms with Crippen molar-refractivity contribution in [2.75, 3.05) is 20.2 Å². The van der Waals surface area contributed by atoms with Crippen LogP contribution in [0, 0.1) is 0 Å². The van der Waals surface area contributed by atoms with Gasteiger partial charge in [0, 0.05) is 43.0 Å². The van der Waals surface area contributed by atoms with Gasteiger partial charge in [-0.25, -0.2) is 15.0 Å². The number of aromatic nitrogens is 4. The maximum absolute atomic E-state index is 13.4. The van der Waals surface area contributed by atoms with Crippen molar-refractivity contribution in [3.8, 4) is 17.1 Å². The van der Waals surface area contributed by atoms with Crippen LogP contribution < -0.4 is 15.6 Å². The van der Waals surface area contributed by atoms with Gasteiger partial charge in [-0.05, 0) is 37.1 Å². The van der Waals surface area contributed by atoms with Crippen molar-refractivity contribution in [2.24, 2.45) is 0 Å². The van der Waals surface area contributed by atoms with E-state index >= 15 is 0 Å². The van der Waals surface area contributed by atoms with E-state index in [1.165, 1.54) is 32.3 Å². The smallest absolute Gasteiger partial charge is 0.255 e. The lowest BCUT2D eigenvalue weighted by Crippen LogP contribution is -2.41. The second-order valence-electron chi connectivity index (χ2n) is 8.89. The van der Waals surface area contributed by atoms with Gasteiger partial charge in [-0.1, -0.05) is 24.4 Å². The van der Waals surface area contributed by atoms with Crippen molar-refractivity contribution >= 4 is 17.5 Å². The molecule has 5 rings (SSSR count). The first-order valence-corrected chi connectivity index (χ1v) is 12.2. The number of methoxy groups -OCH3 is 1. The number of fused-ring (bicyclic) bond motifs is 1. The van der Waals surface area contributed by atoms with Gasteiger partial charge in [0.05, 0.1) is 24.1 Å². The third-order valence-electron chi connectivity index (χ3n) is 6.78. The molecular formula is C25H27ClN6O3. The molecule has 1 fully saturated rings. The van der Waals surface area contributed by atoms with Gasteiger partial charge in [-0.15, -0.1) is 0 Å². The minimum atomic E-state index is -0.500. The number of nitrogens with one attached hydrogen (secondary N) is 1. The van der Waals surface area contributed by atoms with E-state index in [9.17, 15) is 9.59 Å². The van der Waals surface area contributed by atoms with E-state index in [0.717, 1.165) is 19.4 Å². The SMILES string of the molecule is COc1cc(Cl)ccc1C(=O)NC1CN(C2CCCC2)CCn2c1nc(-c1ccncn1)cc2=O. The van der Waals surface area contributed by atoms with Gasteiger partial charge in [-0.3, -0.25) is 19.1 Å². The molecule has 0 saturated heterocycles. The zero-order valence-corrected chi connectivity index (χ0v) is 20.2. The van der Waals surface area contributed by atoms with Crippen LogP contribution in [0.2, 0.25) is 5.02 Å². The lowest BCUT2D eigenvalue weighted by molar-refractivity contribution is 0.0912. The molecule has 10 heteroatoms. The first-order chi connectivity index (χ1) is 17.0. The summed E-state index contributed by atoms with van der Waals surface area (Å²) in [6.07, 6.45) is 7.68. The van der Waals surface area contributed by atoms with Crippen LogP contribution in [0.5, 0.6) is 5.75 Å². The number of halogens is 1. The summed E-state index contributed by atoms with van der Waals surface area (Å²) >= 11 is 6.09. The van der Waals surface area contributed by atoms with Gasteiger partial charge in [0.15, 0.2) is 0 Å². The fourth-order valence-electron chi connectivity index (χ4n) is 5.02. The van der Waals surface area contributed by atoms with Crippen molar-refractivity contribution in [1.29, 1.82) is 0 Å². The second-order valence-corrected chi connectivity index (χ2v) is 9.32. The molecule has 1 amide bonds. The highest BCUT2D eigenvalue weighted by Crippen LogP contribution is 2.29. The van der Waals surface area contributed by atoms with Crippen LogP contribution >= 0.6 is 11.6 Å². The molecule has 0 bridgehead atoms. The number of ether oxygens (including phenoxy) is 1. The normalized spacial score (nSPS) is 18.6. The van der Waals surface area contributed by atoms with Crippen LogP contribution in [0.25, 0.3) is 11.4 Å². The molecule has 2 aromatic heterocycles. The van der Waals surface area contributed by atoms with Gasteiger partial charge in [0.2, 0.25) is 0 Å². The molecule has 1 aliphatic carbocycles. The molecule has 2 aliphatic rings. The Morgan fingerprint density at radius 2 is 1.97 bits per heavy atom. The summed E-state index contributed by atoms with van der Waals surface area (Å²) in [6.45, 7) is 1.80. The topological polar surface area (TPSA) is 102 Å². The number of benzene rings is 1. The molecule has 0 radical (unpaired) electrons. The van der Waals surface area contributed by atoms with Crippen molar-refractivity contribution < 1.29 is 9.53 Å². The highest BCUT2D eigenvalue weighted by Gasteiger charge is 2.32. The summed E-state index contributed by atoms with van der Waals surface area (Å²) in [5.74, 6) is 0.592. The Labute approximate surface area is 208 Å². The summed E-state index contributed by atoms with van der Waals surface area (Å²) in [7, 11) is 1.50. The van der Waals surface area contributed by atoms with Gasteiger partial charge in [0.1, 0.15) is 23.9 Å². The lowest BCUT2D eigenvalue weighted by atomic mass is 10.1. The van der Waals surface area contributed by atoms with E-state index in [1.54, 1.807) is 35.0 Å². The molecule has 1 aromatic carbocycles. The fourth-order valence-corrected chi connectivity index (χ4v) is 5.19. The number of carbonyl (C=O) groups excluding carboxylic acids is 1. The standard InChI is InChI=1S/C25H27ClN6O3/c1-35-22-12-16(26)6-7-18(22)25(34)30-21-14-31(17-4-2-3-5-17)10-11-32-23(33)13-20(29-24(21)32)19-8-9-27-15-28-19/h6-9,12-13,15,17,21H,2-5,10-11,14H2,1H3,(H,30,34). The van der Waals surface area contributed by atoms with E-state index in [0.29, 0.717) is 52.7 Å². The Morgan fingerprint density at radius 1 is 1.14 bits per heavy atom. The summed E-state index contributed by atoms with van der Waals surface area (Å²) in [6, 6.07) is 8.05. The monoisotopic (exact) mass is 494 g/mol. The number of hydrogen-bond donors (Lipinski definition) is 1. The Bertz CT molecular complexity index is 1280. The molecule has 182 valence electrons. The van der Waals surface area contributed by atoms with Crippen molar-refractivity contribution in [3.05, 3.63) is 69.6 Å². The van der Waals surface area contributed by atoms with E-state index in [-0.39, 0.29) is 11.5 Å². The molecule has 1 N–H and O–H groups in total. The van der Waals surface area contributed by atoms with Crippen LogP contribution in [-0.2, 0) is 6.54 Å². The van der Waals surface area contributed by atoms with E-state index in [2.05, 4.69) is 20.2 Å². The molecule has 1 atom stereocenters. The Balaban J connectivity index is 1.54. The van der Waals surface area contributed by atoms with Crippen LogP contribution in [-0.4, -0.2) is 56.6 Å². The molecule has 0 spiro atoms. The fraction of sp³-hybridized carbons (Fsp3) is 0.400. The second kappa shape index (κ2) is 10.1. The van der Waals surface area contributed by atoms with E-state index in [4.69, 9.17) is 21.3 Å². The van der Waals surface area contributed by atoms with Gasteiger partial charge < -0.3 is 10.1 Å². The van der Waals surface area contributed by atoms with Gasteiger partial charge in [0.25, 0.3) is 11.5 Å². The molecule has 9 nitrogen and oxygen atoms in total. The largest absolute Gasteiger partial charge is 0.496 e. The molecule has 1 aliphatic heterocycles. The molecular weight excluding hydrogens is 468 g/mol. The van der Waals surface area contributed by atoms with Gasteiger partial charge >= 0.3 is 0 Å². The average molecular weight is 495 g/mol. The first kappa shape index (κ1) is 23.4. The van der Waals surface area contributed by atoms with E-state index < -0.39 is 6.04 Å².